The monoisotopic (exact) mass is 226 g/mol. The van der Waals surface area contributed by atoms with Crippen LogP contribution >= 0.6 is 11.6 Å². The van der Waals surface area contributed by atoms with Crippen molar-refractivity contribution in [2.75, 3.05) is 0 Å². The number of hydrogen-bond donors (Lipinski definition) is 0. The lowest BCUT2D eigenvalue weighted by Gasteiger charge is -2.12. The molecule has 0 aliphatic carbocycles. The SMILES string of the molecule is CC/C=C\CC(C)c1c(F)cccc1Cl. The van der Waals surface area contributed by atoms with Crippen LogP contribution in [0.15, 0.2) is 30.4 Å². The van der Waals surface area contributed by atoms with E-state index in [4.69, 9.17) is 11.6 Å². The van der Waals surface area contributed by atoms with Crippen LogP contribution in [0, 0.1) is 5.82 Å². The fourth-order valence-electron chi connectivity index (χ4n) is 1.57. The quantitative estimate of drug-likeness (QED) is 0.638. The highest BCUT2D eigenvalue weighted by Crippen LogP contribution is 2.29. The second-order valence-electron chi connectivity index (χ2n) is 3.65. The molecular weight excluding hydrogens is 211 g/mol. The summed E-state index contributed by atoms with van der Waals surface area (Å²) >= 11 is 5.97. The van der Waals surface area contributed by atoms with Crippen LogP contribution in [0.25, 0.3) is 0 Å². The molecule has 0 nitrogen and oxygen atoms in total. The van der Waals surface area contributed by atoms with Gasteiger partial charge in [-0.2, -0.15) is 0 Å². The van der Waals surface area contributed by atoms with Gasteiger partial charge in [-0.05, 0) is 30.9 Å². The van der Waals surface area contributed by atoms with Crippen LogP contribution in [0.1, 0.15) is 38.2 Å². The first-order valence-electron chi connectivity index (χ1n) is 5.25. The molecule has 1 aromatic rings. The molecular formula is C13H16ClF. The van der Waals surface area contributed by atoms with Crippen molar-refractivity contribution >= 4 is 11.6 Å². The van der Waals surface area contributed by atoms with Crippen LogP contribution in [0.5, 0.6) is 0 Å². The third-order valence-corrected chi connectivity index (χ3v) is 2.71. The molecule has 0 aromatic heterocycles. The first-order valence-corrected chi connectivity index (χ1v) is 5.63. The molecule has 1 aromatic carbocycles. The zero-order chi connectivity index (χ0) is 11.3. The third kappa shape index (κ3) is 3.35. The summed E-state index contributed by atoms with van der Waals surface area (Å²) in [5.74, 6) is -0.0820. The minimum atomic E-state index is -0.208. The molecule has 1 unspecified atom stereocenters. The van der Waals surface area contributed by atoms with Crippen molar-refractivity contribution in [1.82, 2.24) is 0 Å². The molecule has 0 heterocycles. The van der Waals surface area contributed by atoms with Crippen LogP contribution in [0.4, 0.5) is 4.39 Å². The molecule has 0 aliphatic rings. The van der Waals surface area contributed by atoms with Crippen molar-refractivity contribution in [1.29, 1.82) is 0 Å². The summed E-state index contributed by atoms with van der Waals surface area (Å²) in [6.45, 7) is 4.07. The molecule has 82 valence electrons. The Bertz CT molecular complexity index is 324. The maximum absolute atomic E-state index is 13.5. The van der Waals surface area contributed by atoms with Crippen molar-refractivity contribution < 1.29 is 4.39 Å². The third-order valence-electron chi connectivity index (χ3n) is 2.38. The molecule has 0 spiro atoms. The van der Waals surface area contributed by atoms with Gasteiger partial charge >= 0.3 is 0 Å². The Morgan fingerprint density at radius 3 is 2.73 bits per heavy atom. The van der Waals surface area contributed by atoms with Gasteiger partial charge in [-0.3, -0.25) is 0 Å². The Morgan fingerprint density at radius 2 is 2.13 bits per heavy atom. The standard InChI is InChI=1S/C13H16ClF/c1-3-4-5-7-10(2)13-11(14)8-6-9-12(13)15/h4-6,8-10H,3,7H2,1-2H3/b5-4-. The number of allylic oxidation sites excluding steroid dienone is 2. The minimum Gasteiger partial charge on any atom is -0.207 e. The molecule has 2 heteroatoms. The molecule has 0 saturated heterocycles. The van der Waals surface area contributed by atoms with Gasteiger partial charge in [0.05, 0.1) is 0 Å². The fourth-order valence-corrected chi connectivity index (χ4v) is 1.92. The summed E-state index contributed by atoms with van der Waals surface area (Å²) in [5.41, 5.74) is 0.625. The molecule has 1 atom stereocenters. The zero-order valence-electron chi connectivity index (χ0n) is 9.13. The van der Waals surface area contributed by atoms with Gasteiger partial charge in [0.15, 0.2) is 0 Å². The van der Waals surface area contributed by atoms with Crippen molar-refractivity contribution in [3.63, 3.8) is 0 Å². The highest BCUT2D eigenvalue weighted by molar-refractivity contribution is 6.31. The van der Waals surface area contributed by atoms with E-state index >= 15 is 0 Å². The molecule has 0 fully saturated rings. The van der Waals surface area contributed by atoms with Crippen molar-refractivity contribution in [3.8, 4) is 0 Å². The zero-order valence-corrected chi connectivity index (χ0v) is 9.89. The van der Waals surface area contributed by atoms with Gasteiger partial charge in [-0.15, -0.1) is 0 Å². The molecule has 0 radical (unpaired) electrons. The molecule has 15 heavy (non-hydrogen) atoms. The Balaban J connectivity index is 2.81. The highest BCUT2D eigenvalue weighted by atomic mass is 35.5. The highest BCUT2D eigenvalue weighted by Gasteiger charge is 2.12. The lowest BCUT2D eigenvalue weighted by Crippen LogP contribution is -1.97. The summed E-state index contributed by atoms with van der Waals surface area (Å²) < 4.78 is 13.5. The van der Waals surface area contributed by atoms with Crippen LogP contribution in [-0.2, 0) is 0 Å². The van der Waals surface area contributed by atoms with E-state index in [0.29, 0.717) is 10.6 Å². The second-order valence-corrected chi connectivity index (χ2v) is 4.06. The van der Waals surface area contributed by atoms with Gasteiger partial charge in [-0.1, -0.05) is 43.7 Å². The van der Waals surface area contributed by atoms with E-state index in [1.165, 1.54) is 6.07 Å². The van der Waals surface area contributed by atoms with Crippen LogP contribution in [0.2, 0.25) is 5.02 Å². The van der Waals surface area contributed by atoms with Gasteiger partial charge in [0.25, 0.3) is 0 Å². The maximum Gasteiger partial charge on any atom is 0.128 e. The number of hydrogen-bond acceptors (Lipinski definition) is 0. The van der Waals surface area contributed by atoms with E-state index in [-0.39, 0.29) is 11.7 Å². The van der Waals surface area contributed by atoms with E-state index in [1.807, 2.05) is 6.92 Å². The normalized spacial score (nSPS) is 13.3. The van der Waals surface area contributed by atoms with Crippen LogP contribution in [0.3, 0.4) is 0 Å². The summed E-state index contributed by atoms with van der Waals surface area (Å²) in [5, 5.41) is 0.521. The number of benzene rings is 1. The molecule has 1 rings (SSSR count). The predicted octanol–water partition coefficient (Wildman–Crippen LogP) is 4.94. The van der Waals surface area contributed by atoms with E-state index in [2.05, 4.69) is 19.1 Å². The fraction of sp³-hybridized carbons (Fsp3) is 0.385. The van der Waals surface area contributed by atoms with Gasteiger partial charge in [0, 0.05) is 10.6 Å². The maximum atomic E-state index is 13.5. The van der Waals surface area contributed by atoms with Crippen LogP contribution < -0.4 is 0 Å². The largest absolute Gasteiger partial charge is 0.207 e. The number of halogens is 2. The predicted molar refractivity (Wildman–Crippen MR) is 63.9 cm³/mol. The van der Waals surface area contributed by atoms with Gasteiger partial charge < -0.3 is 0 Å². The molecule has 0 amide bonds. The smallest absolute Gasteiger partial charge is 0.128 e. The van der Waals surface area contributed by atoms with Crippen molar-refractivity contribution in [2.45, 2.75) is 32.6 Å². The number of rotatable bonds is 4. The van der Waals surface area contributed by atoms with Gasteiger partial charge in [0.1, 0.15) is 5.82 Å². The Labute approximate surface area is 95.8 Å². The van der Waals surface area contributed by atoms with Gasteiger partial charge in [-0.25, -0.2) is 4.39 Å². The summed E-state index contributed by atoms with van der Waals surface area (Å²) in [6, 6.07) is 4.83. The van der Waals surface area contributed by atoms with Crippen molar-refractivity contribution in [2.24, 2.45) is 0 Å². The first-order chi connectivity index (χ1) is 7.16. The summed E-state index contributed by atoms with van der Waals surface area (Å²) in [4.78, 5) is 0. The lowest BCUT2D eigenvalue weighted by molar-refractivity contribution is 0.590. The van der Waals surface area contributed by atoms with E-state index in [0.717, 1.165) is 12.8 Å². The molecule has 0 bridgehead atoms. The van der Waals surface area contributed by atoms with E-state index in [9.17, 15) is 4.39 Å². The Kier molecular flexibility index (Phi) is 4.83. The average molecular weight is 227 g/mol. The van der Waals surface area contributed by atoms with E-state index < -0.39 is 0 Å². The summed E-state index contributed by atoms with van der Waals surface area (Å²) in [6.07, 6.45) is 6.00. The van der Waals surface area contributed by atoms with Gasteiger partial charge in [0.2, 0.25) is 0 Å². The van der Waals surface area contributed by atoms with E-state index in [1.54, 1.807) is 12.1 Å². The average Bonchev–Trinajstić information content (AvgIpc) is 2.18. The Hall–Kier alpha value is -0.820. The lowest BCUT2D eigenvalue weighted by atomic mass is 9.97. The second kappa shape index (κ2) is 5.92. The van der Waals surface area contributed by atoms with Crippen LogP contribution in [-0.4, -0.2) is 0 Å². The van der Waals surface area contributed by atoms with Crippen molar-refractivity contribution in [3.05, 3.63) is 46.8 Å². The first kappa shape index (κ1) is 12.3. The molecule has 0 aliphatic heterocycles. The Morgan fingerprint density at radius 1 is 1.40 bits per heavy atom. The minimum absolute atomic E-state index is 0.126. The molecule has 0 N–H and O–H groups in total. The topological polar surface area (TPSA) is 0 Å². The molecule has 0 saturated carbocycles. The summed E-state index contributed by atoms with van der Waals surface area (Å²) in [7, 11) is 0.